The van der Waals surface area contributed by atoms with Crippen LogP contribution in [0.5, 0.6) is 0 Å². The molecule has 10 atom stereocenters. The number of rotatable bonds is 38. The van der Waals surface area contributed by atoms with Crippen LogP contribution in [-0.4, -0.2) is 33.6 Å². The zero-order valence-electron chi connectivity index (χ0n) is 36.1. The van der Waals surface area contributed by atoms with Crippen LogP contribution in [-0.2, 0) is 14.2 Å². The molecule has 0 rings (SSSR count). The van der Waals surface area contributed by atoms with Crippen LogP contribution < -0.4 is 0 Å². The van der Waals surface area contributed by atoms with Gasteiger partial charge in [-0.1, -0.05) is 191 Å². The van der Waals surface area contributed by atoms with Crippen LogP contribution in [0.2, 0.25) is 0 Å². The van der Waals surface area contributed by atoms with Crippen LogP contribution in [0, 0.1) is 35.5 Å². The number of hydrogen-bond donors (Lipinski definition) is 0. The molecule has 5 heteroatoms. The highest BCUT2D eigenvalue weighted by molar-refractivity contribution is 14.1. The van der Waals surface area contributed by atoms with Crippen molar-refractivity contribution < 1.29 is 14.2 Å². The van der Waals surface area contributed by atoms with Gasteiger partial charge in [0.1, 0.15) is 0 Å². The fraction of sp³-hybridized carbons (Fsp3) is 1.00. The molecule has 0 fully saturated rings. The van der Waals surface area contributed by atoms with Gasteiger partial charge in [-0.15, -0.1) is 0 Å². The molecule has 0 N–H and O–H groups in total. The summed E-state index contributed by atoms with van der Waals surface area (Å²) in [5, 5.41) is 0. The highest BCUT2D eigenvalue weighted by atomic mass is 127. The normalized spacial score (nSPS) is 18.1. The summed E-state index contributed by atoms with van der Waals surface area (Å²) in [7, 11) is 0. The third-order valence-electron chi connectivity index (χ3n) is 10.9. The van der Waals surface area contributed by atoms with E-state index in [1.54, 1.807) is 0 Å². The lowest BCUT2D eigenvalue weighted by Gasteiger charge is -2.27. The molecular weight excluding hydrogens is 854 g/mol. The largest absolute Gasteiger partial charge is 0.353 e. The molecule has 0 heterocycles. The maximum atomic E-state index is 6.80. The van der Waals surface area contributed by atoms with E-state index in [4.69, 9.17) is 14.2 Å². The zero-order valence-corrected chi connectivity index (χ0v) is 40.5. The fourth-order valence-corrected chi connectivity index (χ4v) is 10.2. The fourth-order valence-electron chi connectivity index (χ4n) is 8.49. The zero-order chi connectivity index (χ0) is 38.3. The molecule has 0 aliphatic rings. The average Bonchev–Trinajstić information content (AvgIpc) is 3.02. The van der Waals surface area contributed by atoms with Crippen molar-refractivity contribution in [2.45, 2.75) is 244 Å². The van der Waals surface area contributed by atoms with Gasteiger partial charge in [-0.25, -0.2) is 0 Å². The Hall–Kier alpha value is 1.34. The maximum absolute atomic E-state index is 6.80. The topological polar surface area (TPSA) is 27.7 Å². The molecule has 0 spiro atoms. The van der Waals surface area contributed by atoms with Crippen LogP contribution in [0.4, 0.5) is 0 Å². The van der Waals surface area contributed by atoms with Gasteiger partial charge in [0.2, 0.25) is 0 Å². The number of ether oxygens (including phenoxy) is 3. The van der Waals surface area contributed by atoms with Crippen LogP contribution in [0.3, 0.4) is 0 Å². The summed E-state index contributed by atoms with van der Waals surface area (Å²) in [6, 6.07) is 0. The minimum absolute atomic E-state index is 0.149. The molecule has 0 saturated carbocycles. The lowest BCUT2D eigenvalue weighted by molar-refractivity contribution is -0.250. The maximum Gasteiger partial charge on any atom is 0.160 e. The van der Waals surface area contributed by atoms with Crippen molar-refractivity contribution in [1.82, 2.24) is 0 Å². The Morgan fingerprint density at radius 3 is 1.02 bits per heavy atom. The van der Waals surface area contributed by atoms with E-state index in [2.05, 4.69) is 114 Å². The van der Waals surface area contributed by atoms with Crippen molar-refractivity contribution in [2.75, 3.05) is 13.2 Å². The van der Waals surface area contributed by atoms with Crippen LogP contribution >= 0.6 is 45.2 Å². The van der Waals surface area contributed by atoms with E-state index in [1.807, 2.05) is 0 Å². The Kier molecular flexibility index (Phi) is 36.7. The van der Waals surface area contributed by atoms with Crippen molar-refractivity contribution in [3.8, 4) is 0 Å². The highest BCUT2D eigenvalue weighted by Gasteiger charge is 2.21. The molecule has 3 nitrogen and oxygen atoms in total. The number of hydrogen-bond acceptors (Lipinski definition) is 3. The number of halogens is 2. The molecule has 0 aromatic carbocycles. The first-order chi connectivity index (χ1) is 24.4. The molecule has 0 aliphatic heterocycles. The van der Waals surface area contributed by atoms with E-state index in [0.29, 0.717) is 0 Å². The Labute approximate surface area is 349 Å². The summed E-state index contributed by atoms with van der Waals surface area (Å²) in [6.07, 6.45) is 30.1. The molecular formula is C46H92I2O3. The molecule has 0 amide bonds. The first-order valence-corrected chi connectivity index (χ1v) is 25.0. The van der Waals surface area contributed by atoms with Gasteiger partial charge in [0.25, 0.3) is 0 Å². The predicted molar refractivity (Wildman–Crippen MR) is 245 cm³/mol. The van der Waals surface area contributed by atoms with Gasteiger partial charge in [-0.05, 0) is 113 Å². The quantitative estimate of drug-likeness (QED) is 0.0267. The van der Waals surface area contributed by atoms with E-state index in [-0.39, 0.29) is 12.6 Å². The Morgan fingerprint density at radius 2 is 0.667 bits per heavy atom. The minimum Gasteiger partial charge on any atom is -0.353 e. The SMILES string of the molecule is CCCCCCCCOC(CCCC(C)CC(C)CC(C)CC(C)I)OC(CCCC(C)CC(C)CC(C)CC(C)I)OCCCCCCCC. The smallest absolute Gasteiger partial charge is 0.160 e. The minimum atomic E-state index is -0.149. The lowest BCUT2D eigenvalue weighted by atomic mass is 9.86. The second-order valence-corrected chi connectivity index (χ2v) is 22.0. The first-order valence-electron chi connectivity index (χ1n) is 22.5. The van der Waals surface area contributed by atoms with Crippen molar-refractivity contribution in [3.63, 3.8) is 0 Å². The van der Waals surface area contributed by atoms with Gasteiger partial charge in [-0.3, -0.25) is 0 Å². The summed E-state index contributed by atoms with van der Waals surface area (Å²) in [4.78, 5) is 0. The summed E-state index contributed by atoms with van der Waals surface area (Å²) < 4.78 is 21.4. The van der Waals surface area contributed by atoms with E-state index >= 15 is 0 Å². The number of alkyl halides is 2. The summed E-state index contributed by atoms with van der Waals surface area (Å²) in [6.45, 7) is 25.7. The average molecular weight is 947 g/mol. The van der Waals surface area contributed by atoms with Gasteiger partial charge in [-0.2, -0.15) is 0 Å². The molecule has 0 aliphatic carbocycles. The summed E-state index contributed by atoms with van der Waals surface area (Å²) >= 11 is 5.17. The van der Waals surface area contributed by atoms with Gasteiger partial charge in [0.05, 0.1) is 0 Å². The second-order valence-electron chi connectivity index (χ2n) is 17.7. The predicted octanol–water partition coefficient (Wildman–Crippen LogP) is 16.6. The van der Waals surface area contributed by atoms with Crippen molar-refractivity contribution in [3.05, 3.63) is 0 Å². The van der Waals surface area contributed by atoms with Crippen LogP contribution in [0.1, 0.15) is 223 Å². The molecule has 0 bridgehead atoms. The van der Waals surface area contributed by atoms with Gasteiger partial charge >= 0.3 is 0 Å². The van der Waals surface area contributed by atoms with Gasteiger partial charge in [0, 0.05) is 21.1 Å². The highest BCUT2D eigenvalue weighted by Crippen LogP contribution is 2.29. The van der Waals surface area contributed by atoms with Crippen LogP contribution in [0.25, 0.3) is 0 Å². The van der Waals surface area contributed by atoms with Crippen LogP contribution in [0.15, 0.2) is 0 Å². The Morgan fingerprint density at radius 1 is 0.353 bits per heavy atom. The van der Waals surface area contributed by atoms with E-state index < -0.39 is 0 Å². The molecule has 0 radical (unpaired) electrons. The van der Waals surface area contributed by atoms with E-state index in [0.717, 1.165) is 82.3 Å². The molecule has 0 aromatic rings. The third kappa shape index (κ3) is 35.5. The summed E-state index contributed by atoms with van der Waals surface area (Å²) in [5.41, 5.74) is 0. The molecule has 0 aromatic heterocycles. The van der Waals surface area contributed by atoms with E-state index in [1.165, 1.54) is 128 Å². The van der Waals surface area contributed by atoms with E-state index in [9.17, 15) is 0 Å². The van der Waals surface area contributed by atoms with Crippen molar-refractivity contribution in [1.29, 1.82) is 0 Å². The summed E-state index contributed by atoms with van der Waals surface area (Å²) in [5.74, 6) is 4.75. The van der Waals surface area contributed by atoms with Gasteiger partial charge < -0.3 is 14.2 Å². The lowest BCUT2D eigenvalue weighted by Crippen LogP contribution is -2.28. The molecule has 10 unspecified atom stereocenters. The molecule has 308 valence electrons. The second kappa shape index (κ2) is 35.7. The monoisotopic (exact) mass is 947 g/mol. The third-order valence-corrected chi connectivity index (χ3v) is 11.9. The molecule has 51 heavy (non-hydrogen) atoms. The van der Waals surface area contributed by atoms with Crippen molar-refractivity contribution in [2.24, 2.45) is 35.5 Å². The van der Waals surface area contributed by atoms with Crippen molar-refractivity contribution >= 4 is 45.2 Å². The number of unbranched alkanes of at least 4 members (excludes halogenated alkanes) is 10. The first kappa shape index (κ1) is 52.3. The standard InChI is InChI=1S/C46H92I2O3/c1-11-13-15-17-19-21-29-49-45(27-23-25-37(3)31-39(5)33-41(7)35-43(9)47)51-46(50-30-22-20-18-16-14-12-2)28-24-26-38(4)32-40(6)34-42(8)36-44(10)48/h37-46H,11-36H2,1-10H3. The molecule has 0 saturated heterocycles. The Bertz CT molecular complexity index is 661. The Balaban J connectivity index is 5.20. The van der Waals surface area contributed by atoms with Gasteiger partial charge in [0.15, 0.2) is 12.6 Å².